The lowest BCUT2D eigenvalue weighted by atomic mass is 10.2. The van der Waals surface area contributed by atoms with E-state index in [1.54, 1.807) is 11.3 Å². The summed E-state index contributed by atoms with van der Waals surface area (Å²) in [6.45, 7) is 1.07. The van der Waals surface area contributed by atoms with Crippen LogP contribution in [0.5, 0.6) is 0 Å². The Morgan fingerprint density at radius 2 is 1.63 bits per heavy atom. The van der Waals surface area contributed by atoms with Gasteiger partial charge in [0, 0.05) is 29.9 Å². The van der Waals surface area contributed by atoms with E-state index in [1.165, 1.54) is 28.6 Å². The second-order valence-electron chi connectivity index (χ2n) is 8.11. The van der Waals surface area contributed by atoms with Crippen molar-refractivity contribution in [3.8, 4) is 10.6 Å². The van der Waals surface area contributed by atoms with Crippen LogP contribution in [0.3, 0.4) is 0 Å². The number of sulfonamides is 1. The molecule has 7 nitrogen and oxygen atoms in total. The summed E-state index contributed by atoms with van der Waals surface area (Å²) in [4.78, 5) is 17.4. The molecule has 1 aliphatic rings. The van der Waals surface area contributed by atoms with E-state index in [0.29, 0.717) is 18.7 Å². The molecular weight excluding hydrogens is 501 g/mol. The number of thiocarbonyl (C=S) groups is 1. The smallest absolute Gasteiger partial charge is 0.257 e. The van der Waals surface area contributed by atoms with Gasteiger partial charge in [-0.25, -0.2) is 13.4 Å². The number of para-hydroxylation sites is 1. The van der Waals surface area contributed by atoms with E-state index in [4.69, 9.17) is 12.2 Å². The molecule has 10 heteroatoms. The highest BCUT2D eigenvalue weighted by Gasteiger charge is 2.27. The van der Waals surface area contributed by atoms with Crippen molar-refractivity contribution >= 4 is 60.5 Å². The van der Waals surface area contributed by atoms with Crippen LogP contribution in [0.4, 0.5) is 5.69 Å². The monoisotopic (exact) mass is 522 g/mol. The second kappa shape index (κ2) is 9.82. The largest absolute Gasteiger partial charge is 0.332 e. The summed E-state index contributed by atoms with van der Waals surface area (Å²) >= 11 is 6.91. The third kappa shape index (κ3) is 5.10. The molecule has 1 saturated heterocycles. The molecular formula is C25H22N4O3S3. The van der Waals surface area contributed by atoms with Gasteiger partial charge in [-0.05, 0) is 85.7 Å². The van der Waals surface area contributed by atoms with Crippen molar-refractivity contribution in [1.82, 2.24) is 14.6 Å². The standard InChI is InChI=1S/C25H22N4O3S3/c30-23(17-9-13-20(14-10-17)35(31,32)29-15-3-4-16-29)28-25(33)26-19-11-7-18(8-12-19)24-27-21-5-1-2-6-22(21)34-24/h1-2,5-14H,3-4,15-16H2,(H2,26,28,30,33). The molecule has 5 rings (SSSR count). The van der Waals surface area contributed by atoms with Crippen LogP contribution in [0.15, 0.2) is 77.7 Å². The summed E-state index contributed by atoms with van der Waals surface area (Å²) in [7, 11) is -3.52. The first-order chi connectivity index (χ1) is 16.9. The Balaban J connectivity index is 1.20. The minimum atomic E-state index is -3.52. The molecule has 35 heavy (non-hydrogen) atoms. The Morgan fingerprint density at radius 1 is 0.943 bits per heavy atom. The summed E-state index contributed by atoms with van der Waals surface area (Å²) in [6.07, 6.45) is 1.74. The van der Waals surface area contributed by atoms with Crippen LogP contribution in [0.25, 0.3) is 20.8 Å². The number of nitrogens with zero attached hydrogens (tertiary/aromatic N) is 2. The molecule has 0 radical (unpaired) electrons. The lowest BCUT2D eigenvalue weighted by Gasteiger charge is -2.15. The lowest BCUT2D eigenvalue weighted by Crippen LogP contribution is -2.34. The quantitative estimate of drug-likeness (QED) is 0.363. The molecule has 3 aromatic carbocycles. The maximum atomic E-state index is 12.6. The third-order valence-corrected chi connectivity index (χ3v) is 8.93. The zero-order chi connectivity index (χ0) is 24.4. The lowest BCUT2D eigenvalue weighted by molar-refractivity contribution is 0.0977. The number of carbonyl (C=O) groups is 1. The van der Waals surface area contributed by atoms with E-state index in [2.05, 4.69) is 15.6 Å². The van der Waals surface area contributed by atoms with Crippen LogP contribution >= 0.6 is 23.6 Å². The molecule has 178 valence electrons. The number of aromatic nitrogens is 1. The predicted molar refractivity (Wildman–Crippen MR) is 143 cm³/mol. The minimum Gasteiger partial charge on any atom is -0.332 e. The van der Waals surface area contributed by atoms with E-state index >= 15 is 0 Å². The number of anilines is 1. The first-order valence-corrected chi connectivity index (χ1v) is 13.8. The van der Waals surface area contributed by atoms with Gasteiger partial charge in [-0.15, -0.1) is 11.3 Å². The number of hydrogen-bond acceptors (Lipinski definition) is 6. The molecule has 0 aliphatic carbocycles. The number of thiazole rings is 1. The molecule has 4 aromatic rings. The fourth-order valence-corrected chi connectivity index (χ4v) is 6.58. The first kappa shape index (κ1) is 23.6. The van der Waals surface area contributed by atoms with E-state index < -0.39 is 15.9 Å². The van der Waals surface area contributed by atoms with Gasteiger partial charge in [0.25, 0.3) is 5.91 Å². The summed E-state index contributed by atoms with van der Waals surface area (Å²) < 4.78 is 27.9. The number of amides is 1. The molecule has 1 aliphatic heterocycles. The molecule has 2 N–H and O–H groups in total. The average Bonchev–Trinajstić information content (AvgIpc) is 3.55. The molecule has 1 amide bonds. The van der Waals surface area contributed by atoms with Crippen molar-refractivity contribution in [3.63, 3.8) is 0 Å². The van der Waals surface area contributed by atoms with Gasteiger partial charge in [-0.2, -0.15) is 4.31 Å². The van der Waals surface area contributed by atoms with Crippen molar-refractivity contribution in [2.24, 2.45) is 0 Å². The number of hydrogen-bond donors (Lipinski definition) is 2. The number of fused-ring (bicyclic) bond motifs is 1. The molecule has 1 fully saturated rings. The van der Waals surface area contributed by atoms with E-state index in [-0.39, 0.29) is 10.0 Å². The highest BCUT2D eigenvalue weighted by atomic mass is 32.2. The fourth-order valence-electron chi connectivity index (χ4n) is 3.89. The number of benzene rings is 3. The van der Waals surface area contributed by atoms with Gasteiger partial charge >= 0.3 is 0 Å². The predicted octanol–water partition coefficient (Wildman–Crippen LogP) is 4.87. The third-order valence-electron chi connectivity index (χ3n) is 5.73. The summed E-state index contributed by atoms with van der Waals surface area (Å²) in [6, 6.07) is 21.6. The Kier molecular flexibility index (Phi) is 6.61. The molecule has 0 atom stereocenters. The Labute approximate surface area is 212 Å². The zero-order valence-electron chi connectivity index (χ0n) is 18.6. The van der Waals surface area contributed by atoms with Gasteiger partial charge in [0.05, 0.1) is 15.1 Å². The van der Waals surface area contributed by atoms with Gasteiger partial charge in [-0.1, -0.05) is 12.1 Å². The Hall–Kier alpha value is -3.18. The van der Waals surface area contributed by atoms with Crippen LogP contribution < -0.4 is 10.6 Å². The van der Waals surface area contributed by atoms with Crippen LogP contribution in [0, 0.1) is 0 Å². The molecule has 1 aromatic heterocycles. The molecule has 0 saturated carbocycles. The van der Waals surface area contributed by atoms with E-state index in [0.717, 1.165) is 39.3 Å². The highest BCUT2D eigenvalue weighted by molar-refractivity contribution is 7.89. The summed E-state index contributed by atoms with van der Waals surface area (Å²) in [5, 5.41) is 6.72. The van der Waals surface area contributed by atoms with Crippen LogP contribution in [0.2, 0.25) is 0 Å². The highest BCUT2D eigenvalue weighted by Crippen LogP contribution is 2.30. The van der Waals surface area contributed by atoms with Crippen molar-refractivity contribution in [3.05, 3.63) is 78.4 Å². The van der Waals surface area contributed by atoms with Gasteiger partial charge in [-0.3, -0.25) is 10.1 Å². The molecule has 0 bridgehead atoms. The van der Waals surface area contributed by atoms with Gasteiger partial charge in [0.1, 0.15) is 5.01 Å². The Morgan fingerprint density at radius 3 is 2.31 bits per heavy atom. The second-order valence-corrected chi connectivity index (χ2v) is 11.5. The molecule has 0 spiro atoms. The minimum absolute atomic E-state index is 0.150. The summed E-state index contributed by atoms with van der Waals surface area (Å²) in [5.74, 6) is -0.418. The van der Waals surface area contributed by atoms with E-state index in [9.17, 15) is 13.2 Å². The van der Waals surface area contributed by atoms with Crippen molar-refractivity contribution in [2.75, 3.05) is 18.4 Å². The number of nitrogens with one attached hydrogen (secondary N) is 2. The van der Waals surface area contributed by atoms with Gasteiger partial charge in [0.2, 0.25) is 10.0 Å². The number of rotatable bonds is 5. The van der Waals surface area contributed by atoms with Crippen LogP contribution in [0.1, 0.15) is 23.2 Å². The fraction of sp³-hybridized carbons (Fsp3) is 0.160. The number of carbonyl (C=O) groups excluding carboxylic acids is 1. The zero-order valence-corrected chi connectivity index (χ0v) is 21.1. The SMILES string of the molecule is O=C(NC(=S)Nc1ccc(-c2nc3ccccc3s2)cc1)c1ccc(S(=O)(=O)N2CCCC2)cc1. The van der Waals surface area contributed by atoms with Gasteiger partial charge in [0.15, 0.2) is 5.11 Å². The normalized spacial score (nSPS) is 14.2. The maximum Gasteiger partial charge on any atom is 0.257 e. The van der Waals surface area contributed by atoms with Crippen molar-refractivity contribution < 1.29 is 13.2 Å². The average molecular weight is 523 g/mol. The van der Waals surface area contributed by atoms with Crippen LogP contribution in [-0.2, 0) is 10.0 Å². The Bertz CT molecular complexity index is 1460. The molecule has 2 heterocycles. The van der Waals surface area contributed by atoms with Gasteiger partial charge < -0.3 is 5.32 Å². The van der Waals surface area contributed by atoms with Crippen molar-refractivity contribution in [1.29, 1.82) is 0 Å². The first-order valence-electron chi connectivity index (χ1n) is 11.1. The maximum absolute atomic E-state index is 12.6. The van der Waals surface area contributed by atoms with E-state index in [1.807, 2.05) is 48.5 Å². The summed E-state index contributed by atoms with van der Waals surface area (Å²) in [5.41, 5.74) is 3.02. The molecule has 0 unspecified atom stereocenters. The van der Waals surface area contributed by atoms with Crippen LogP contribution in [-0.4, -0.2) is 41.8 Å². The topological polar surface area (TPSA) is 91.4 Å². The van der Waals surface area contributed by atoms with Crippen molar-refractivity contribution in [2.45, 2.75) is 17.7 Å².